The van der Waals surface area contributed by atoms with Crippen molar-refractivity contribution in [2.75, 3.05) is 17.3 Å². The number of rotatable bonds is 7. The van der Waals surface area contributed by atoms with Crippen molar-refractivity contribution in [3.63, 3.8) is 0 Å². The van der Waals surface area contributed by atoms with E-state index in [0.717, 1.165) is 17.0 Å². The Hall–Kier alpha value is -3.94. The van der Waals surface area contributed by atoms with E-state index in [0.29, 0.717) is 35.5 Å². The number of fused-ring (bicyclic) bond motifs is 3. The van der Waals surface area contributed by atoms with Crippen LogP contribution in [-0.4, -0.2) is 36.6 Å². The molecule has 0 bridgehead atoms. The molecule has 8 nitrogen and oxygen atoms in total. The van der Waals surface area contributed by atoms with Gasteiger partial charge in [-0.2, -0.15) is 0 Å². The van der Waals surface area contributed by atoms with E-state index in [2.05, 4.69) is 10.3 Å². The second kappa shape index (κ2) is 7.82. The lowest BCUT2D eigenvalue weighted by Gasteiger charge is -2.23. The van der Waals surface area contributed by atoms with Crippen molar-refractivity contribution < 1.29 is 24.2 Å². The molecule has 30 heavy (non-hydrogen) atoms. The first kappa shape index (κ1) is 19.4. The van der Waals surface area contributed by atoms with E-state index < -0.39 is 11.9 Å². The topological polar surface area (TPSA) is 108 Å². The molecular formula is C22H19N3O5. The van der Waals surface area contributed by atoms with Gasteiger partial charge in [-0.05, 0) is 29.3 Å². The number of hydrogen-bond donors (Lipinski definition) is 2. The largest absolute Gasteiger partial charge is 0.497 e. The number of aliphatic imine (C=N–C) groups is 1. The Morgan fingerprint density at radius 2 is 2.03 bits per heavy atom. The lowest BCUT2D eigenvalue weighted by Crippen LogP contribution is -2.24. The van der Waals surface area contributed by atoms with Crippen LogP contribution in [0.25, 0.3) is 0 Å². The second-order valence-electron chi connectivity index (χ2n) is 6.97. The van der Waals surface area contributed by atoms with Gasteiger partial charge in [0.25, 0.3) is 0 Å². The van der Waals surface area contributed by atoms with Crippen LogP contribution in [0.3, 0.4) is 0 Å². The Kier molecular flexibility index (Phi) is 5.05. The highest BCUT2D eigenvalue weighted by molar-refractivity contribution is 6.33. The van der Waals surface area contributed by atoms with Crippen LogP contribution in [0.1, 0.15) is 22.6 Å². The fourth-order valence-corrected chi connectivity index (χ4v) is 3.95. The molecule has 0 aliphatic carbocycles. The van der Waals surface area contributed by atoms with Crippen LogP contribution >= 0.6 is 0 Å². The third-order valence-corrected chi connectivity index (χ3v) is 5.23. The molecular weight excluding hydrogens is 386 g/mol. The smallest absolute Gasteiger partial charge is 0.307 e. The summed E-state index contributed by atoms with van der Waals surface area (Å²) in [6.45, 7) is 0.473. The zero-order valence-electron chi connectivity index (χ0n) is 16.2. The first-order valence-corrected chi connectivity index (χ1v) is 9.28. The molecule has 0 fully saturated rings. The van der Waals surface area contributed by atoms with Crippen molar-refractivity contribution in [1.29, 1.82) is 0 Å². The number of carbonyl (C=O) groups is 3. The minimum Gasteiger partial charge on any atom is -0.497 e. The molecule has 2 aliphatic heterocycles. The summed E-state index contributed by atoms with van der Waals surface area (Å²) in [5.74, 6) is -1.14. The SMILES string of the molecule is COc1ccc(CN2C3=CN=CC(=O)C3c3c2ccc(CC(=O)O)c3NC=O)cc1. The number of nitrogens with zero attached hydrogens (tertiary/aromatic N) is 2. The van der Waals surface area contributed by atoms with Gasteiger partial charge in [-0.3, -0.25) is 19.4 Å². The molecule has 0 spiro atoms. The van der Waals surface area contributed by atoms with Gasteiger partial charge in [-0.15, -0.1) is 0 Å². The fourth-order valence-electron chi connectivity index (χ4n) is 3.95. The van der Waals surface area contributed by atoms with Crippen molar-refractivity contribution in [2.45, 2.75) is 18.9 Å². The number of benzene rings is 2. The average Bonchev–Trinajstić information content (AvgIpc) is 3.05. The maximum atomic E-state index is 12.7. The Bertz CT molecular complexity index is 1090. The summed E-state index contributed by atoms with van der Waals surface area (Å²) < 4.78 is 5.20. The van der Waals surface area contributed by atoms with Crippen LogP contribution in [-0.2, 0) is 27.3 Å². The quantitative estimate of drug-likeness (QED) is 0.685. The Balaban J connectivity index is 1.83. The lowest BCUT2D eigenvalue weighted by atomic mass is 9.90. The molecule has 2 N–H and O–H groups in total. The van der Waals surface area contributed by atoms with Gasteiger partial charge in [0, 0.05) is 24.0 Å². The molecule has 0 saturated heterocycles. The molecule has 2 aromatic rings. The first-order valence-electron chi connectivity index (χ1n) is 9.28. The molecule has 8 heteroatoms. The Morgan fingerprint density at radius 3 is 2.70 bits per heavy atom. The number of carbonyl (C=O) groups excluding carboxylic acids is 2. The minimum atomic E-state index is -1.02. The lowest BCUT2D eigenvalue weighted by molar-refractivity contribution is -0.136. The van der Waals surface area contributed by atoms with E-state index in [-0.39, 0.29) is 12.2 Å². The number of anilines is 2. The highest BCUT2D eigenvalue weighted by Gasteiger charge is 2.41. The standard InChI is InChI=1S/C22H19N3O5/c1-30-15-5-2-13(3-6-15)11-25-16-7-4-14(8-19(28)29)22(24-12-26)21(16)20-17(25)9-23-10-18(20)27/h2-7,9-10,12,20H,8,11H2,1H3,(H,24,26)(H,28,29). The zero-order chi connectivity index (χ0) is 21.3. The molecule has 4 rings (SSSR count). The minimum absolute atomic E-state index is 0.215. The number of amides is 1. The summed E-state index contributed by atoms with van der Waals surface area (Å²) in [4.78, 5) is 41.4. The third-order valence-electron chi connectivity index (χ3n) is 5.23. The number of carboxylic acids is 1. The van der Waals surface area contributed by atoms with Crippen LogP contribution in [0, 0.1) is 0 Å². The summed E-state index contributed by atoms with van der Waals surface area (Å²) in [6.07, 6.45) is 3.12. The number of Topliss-reactive ketones (excluding diaryl/α,β-unsaturated/α-hetero) is 1. The fraction of sp³-hybridized carbons (Fsp3) is 0.182. The predicted octanol–water partition coefficient (Wildman–Crippen LogP) is 2.49. The average molecular weight is 405 g/mol. The van der Waals surface area contributed by atoms with Crippen molar-refractivity contribution >= 4 is 35.8 Å². The summed E-state index contributed by atoms with van der Waals surface area (Å²) in [6, 6.07) is 11.0. The van der Waals surface area contributed by atoms with E-state index >= 15 is 0 Å². The molecule has 1 amide bonds. The van der Waals surface area contributed by atoms with Crippen LogP contribution in [0.4, 0.5) is 11.4 Å². The first-order chi connectivity index (χ1) is 14.5. The van der Waals surface area contributed by atoms with Crippen molar-refractivity contribution in [3.8, 4) is 5.75 Å². The molecule has 0 radical (unpaired) electrons. The van der Waals surface area contributed by atoms with Crippen LogP contribution in [0.2, 0.25) is 0 Å². The Morgan fingerprint density at radius 1 is 1.27 bits per heavy atom. The summed E-state index contributed by atoms with van der Waals surface area (Å²) in [5, 5.41) is 11.9. The number of methoxy groups -OCH3 is 1. The molecule has 2 aliphatic rings. The molecule has 0 aromatic heterocycles. The van der Waals surface area contributed by atoms with E-state index in [4.69, 9.17) is 4.74 Å². The molecule has 0 saturated carbocycles. The number of carboxylic acid groups (broad SMARTS) is 1. The van der Waals surface area contributed by atoms with Gasteiger partial charge in [-0.1, -0.05) is 18.2 Å². The maximum absolute atomic E-state index is 12.7. The summed E-state index contributed by atoms with van der Waals surface area (Å²) in [7, 11) is 1.60. The maximum Gasteiger partial charge on any atom is 0.307 e. The normalized spacial score (nSPS) is 16.6. The monoisotopic (exact) mass is 405 g/mol. The highest BCUT2D eigenvalue weighted by atomic mass is 16.5. The van der Waals surface area contributed by atoms with Gasteiger partial charge in [0.1, 0.15) is 5.75 Å². The number of aliphatic carboxylic acids is 1. The third kappa shape index (κ3) is 3.32. The number of ether oxygens (including phenoxy) is 1. The molecule has 152 valence electrons. The van der Waals surface area contributed by atoms with Gasteiger partial charge in [0.05, 0.1) is 37.0 Å². The van der Waals surface area contributed by atoms with Crippen LogP contribution in [0.5, 0.6) is 5.75 Å². The van der Waals surface area contributed by atoms with Gasteiger partial charge < -0.3 is 20.1 Å². The van der Waals surface area contributed by atoms with E-state index in [1.165, 1.54) is 6.21 Å². The molecule has 2 heterocycles. The number of ketones is 1. The van der Waals surface area contributed by atoms with Crippen molar-refractivity contribution in [1.82, 2.24) is 0 Å². The van der Waals surface area contributed by atoms with E-state index in [1.54, 1.807) is 25.4 Å². The molecule has 1 unspecified atom stereocenters. The van der Waals surface area contributed by atoms with Gasteiger partial charge in [0.15, 0.2) is 5.78 Å². The summed E-state index contributed by atoms with van der Waals surface area (Å²) >= 11 is 0. The predicted molar refractivity (Wildman–Crippen MR) is 111 cm³/mol. The number of hydrogen-bond acceptors (Lipinski definition) is 6. The number of allylic oxidation sites excluding steroid dienone is 1. The van der Waals surface area contributed by atoms with Crippen molar-refractivity contribution in [2.24, 2.45) is 4.99 Å². The van der Waals surface area contributed by atoms with Gasteiger partial charge in [-0.25, -0.2) is 0 Å². The van der Waals surface area contributed by atoms with E-state index in [1.807, 2.05) is 29.2 Å². The van der Waals surface area contributed by atoms with Crippen LogP contribution in [0.15, 0.2) is 53.3 Å². The zero-order valence-corrected chi connectivity index (χ0v) is 16.2. The van der Waals surface area contributed by atoms with Crippen LogP contribution < -0.4 is 15.0 Å². The second-order valence-corrected chi connectivity index (χ2v) is 6.97. The van der Waals surface area contributed by atoms with E-state index in [9.17, 15) is 19.5 Å². The van der Waals surface area contributed by atoms with Gasteiger partial charge >= 0.3 is 5.97 Å². The summed E-state index contributed by atoms with van der Waals surface area (Å²) in [5.41, 5.74) is 3.81. The highest BCUT2D eigenvalue weighted by Crippen LogP contribution is 2.50. The van der Waals surface area contributed by atoms with Gasteiger partial charge in [0.2, 0.25) is 6.41 Å². The molecule has 2 aromatic carbocycles. The van der Waals surface area contributed by atoms with Crippen molar-refractivity contribution in [3.05, 3.63) is 65.0 Å². The Labute approximate surface area is 172 Å². The molecule has 1 atom stereocenters. The number of nitrogens with one attached hydrogen (secondary N) is 1.